The van der Waals surface area contributed by atoms with Gasteiger partial charge in [0.1, 0.15) is 6.10 Å². The van der Waals surface area contributed by atoms with Crippen molar-refractivity contribution >= 4 is 5.97 Å². The molecule has 0 spiro atoms. The van der Waals surface area contributed by atoms with Crippen LogP contribution in [0.15, 0.2) is 12.2 Å². The number of hydrogen-bond acceptors (Lipinski definition) is 4. The molecule has 0 unspecified atom stereocenters. The first kappa shape index (κ1) is 11.2. The maximum absolute atomic E-state index is 10.8. The summed E-state index contributed by atoms with van der Waals surface area (Å²) in [7, 11) is 1.34. The molecule has 4 heteroatoms. The third kappa shape index (κ3) is 2.82. The number of methoxy groups -OCH3 is 1. The van der Waals surface area contributed by atoms with E-state index in [-0.39, 0.29) is 18.2 Å². The SMILES string of the molecule is COC(=O)/C=C/[C@H]1OC(C)(C)O[C@@H]1C. The molecule has 0 N–H and O–H groups in total. The summed E-state index contributed by atoms with van der Waals surface area (Å²) in [4.78, 5) is 10.8. The Kier molecular flexibility index (Phi) is 3.29. The smallest absolute Gasteiger partial charge is 0.330 e. The lowest BCUT2D eigenvalue weighted by atomic mass is 10.2. The van der Waals surface area contributed by atoms with Crippen molar-refractivity contribution < 1.29 is 19.0 Å². The predicted octanol–water partition coefficient (Wildman–Crippen LogP) is 1.26. The van der Waals surface area contributed by atoms with Gasteiger partial charge < -0.3 is 14.2 Å². The largest absolute Gasteiger partial charge is 0.466 e. The Morgan fingerprint density at radius 3 is 2.50 bits per heavy atom. The van der Waals surface area contributed by atoms with Crippen molar-refractivity contribution in [1.29, 1.82) is 0 Å². The molecule has 1 heterocycles. The number of carbonyl (C=O) groups excluding carboxylic acids is 1. The zero-order valence-electron chi connectivity index (χ0n) is 8.94. The zero-order valence-corrected chi connectivity index (χ0v) is 8.94. The van der Waals surface area contributed by atoms with Crippen LogP contribution in [0.4, 0.5) is 0 Å². The third-order valence-electron chi connectivity index (χ3n) is 1.98. The second kappa shape index (κ2) is 4.11. The van der Waals surface area contributed by atoms with Gasteiger partial charge in [-0.2, -0.15) is 0 Å². The summed E-state index contributed by atoms with van der Waals surface area (Å²) in [5, 5.41) is 0. The highest BCUT2D eigenvalue weighted by Crippen LogP contribution is 2.28. The van der Waals surface area contributed by atoms with Gasteiger partial charge in [0, 0.05) is 6.08 Å². The van der Waals surface area contributed by atoms with E-state index >= 15 is 0 Å². The lowest BCUT2D eigenvalue weighted by Crippen LogP contribution is -2.20. The van der Waals surface area contributed by atoms with Crippen LogP contribution >= 0.6 is 0 Å². The van der Waals surface area contributed by atoms with Crippen LogP contribution in [0, 0.1) is 0 Å². The van der Waals surface area contributed by atoms with Gasteiger partial charge in [0.05, 0.1) is 13.2 Å². The quantitative estimate of drug-likeness (QED) is 0.497. The second-order valence-electron chi connectivity index (χ2n) is 3.69. The van der Waals surface area contributed by atoms with Gasteiger partial charge in [-0.05, 0) is 26.8 Å². The summed E-state index contributed by atoms with van der Waals surface area (Å²) >= 11 is 0. The average Bonchev–Trinajstić information content (AvgIpc) is 2.35. The first-order chi connectivity index (χ1) is 6.44. The lowest BCUT2D eigenvalue weighted by Gasteiger charge is -2.15. The van der Waals surface area contributed by atoms with Crippen LogP contribution in [-0.2, 0) is 19.0 Å². The monoisotopic (exact) mass is 200 g/mol. The first-order valence-corrected chi connectivity index (χ1v) is 4.56. The van der Waals surface area contributed by atoms with Crippen LogP contribution in [0.1, 0.15) is 20.8 Å². The number of esters is 1. The Bertz CT molecular complexity index is 245. The molecule has 1 aliphatic rings. The number of carbonyl (C=O) groups is 1. The molecule has 0 bridgehead atoms. The Morgan fingerprint density at radius 2 is 2.07 bits per heavy atom. The van der Waals surface area contributed by atoms with Gasteiger partial charge in [-0.1, -0.05) is 0 Å². The minimum absolute atomic E-state index is 0.0501. The van der Waals surface area contributed by atoms with Crippen molar-refractivity contribution in [2.24, 2.45) is 0 Å². The summed E-state index contributed by atoms with van der Waals surface area (Å²) in [5.74, 6) is -0.963. The molecule has 0 aliphatic carbocycles. The van der Waals surface area contributed by atoms with Gasteiger partial charge in [-0.3, -0.25) is 0 Å². The van der Waals surface area contributed by atoms with Crippen LogP contribution < -0.4 is 0 Å². The van der Waals surface area contributed by atoms with E-state index in [2.05, 4.69) is 4.74 Å². The molecule has 0 amide bonds. The van der Waals surface area contributed by atoms with Gasteiger partial charge in [-0.25, -0.2) is 4.79 Å². The van der Waals surface area contributed by atoms with E-state index in [0.29, 0.717) is 0 Å². The summed E-state index contributed by atoms with van der Waals surface area (Å²) < 4.78 is 15.5. The van der Waals surface area contributed by atoms with Crippen LogP contribution in [0.5, 0.6) is 0 Å². The predicted molar refractivity (Wildman–Crippen MR) is 50.7 cm³/mol. The van der Waals surface area contributed by atoms with Crippen LogP contribution in [-0.4, -0.2) is 31.1 Å². The summed E-state index contributed by atoms with van der Waals surface area (Å²) in [6.45, 7) is 5.59. The van der Waals surface area contributed by atoms with Crippen LogP contribution in [0.2, 0.25) is 0 Å². The summed E-state index contributed by atoms with van der Waals surface area (Å²) in [6, 6.07) is 0. The number of rotatable bonds is 2. The Balaban J connectivity index is 2.55. The zero-order chi connectivity index (χ0) is 10.8. The van der Waals surface area contributed by atoms with Crippen molar-refractivity contribution in [3.05, 3.63) is 12.2 Å². The third-order valence-corrected chi connectivity index (χ3v) is 1.98. The highest BCUT2D eigenvalue weighted by Gasteiger charge is 2.37. The van der Waals surface area contributed by atoms with Crippen molar-refractivity contribution in [2.75, 3.05) is 7.11 Å². The topological polar surface area (TPSA) is 44.8 Å². The van der Waals surface area contributed by atoms with E-state index in [1.165, 1.54) is 13.2 Å². The van der Waals surface area contributed by atoms with Crippen LogP contribution in [0.3, 0.4) is 0 Å². The van der Waals surface area contributed by atoms with Gasteiger partial charge >= 0.3 is 5.97 Å². The Hall–Kier alpha value is -0.870. The Labute approximate surface area is 83.8 Å². The molecule has 0 radical (unpaired) electrons. The molecule has 1 aliphatic heterocycles. The molecule has 1 rings (SSSR count). The van der Waals surface area contributed by atoms with Gasteiger partial charge in [0.2, 0.25) is 0 Å². The van der Waals surface area contributed by atoms with Crippen molar-refractivity contribution in [1.82, 2.24) is 0 Å². The average molecular weight is 200 g/mol. The number of hydrogen-bond donors (Lipinski definition) is 0. The van der Waals surface area contributed by atoms with Gasteiger partial charge in [0.25, 0.3) is 0 Å². The molecule has 0 aromatic rings. The summed E-state index contributed by atoms with van der Waals surface area (Å²) in [6.07, 6.45) is 2.77. The highest BCUT2D eigenvalue weighted by molar-refractivity contribution is 5.81. The molecule has 1 fully saturated rings. The molecule has 14 heavy (non-hydrogen) atoms. The molecule has 0 aromatic heterocycles. The molecular formula is C10H16O4. The van der Waals surface area contributed by atoms with Gasteiger partial charge in [0.15, 0.2) is 5.79 Å². The molecule has 0 saturated carbocycles. The number of ether oxygens (including phenoxy) is 3. The summed E-state index contributed by atoms with van der Waals surface area (Å²) in [5.41, 5.74) is 0. The minimum atomic E-state index is -0.579. The highest BCUT2D eigenvalue weighted by atomic mass is 16.7. The van der Waals surface area contributed by atoms with Crippen molar-refractivity contribution in [2.45, 2.75) is 38.8 Å². The normalized spacial score (nSPS) is 30.9. The molecular weight excluding hydrogens is 184 g/mol. The standard InChI is InChI=1S/C10H16O4/c1-7-8(5-6-9(11)12-4)14-10(2,3)13-7/h5-8H,1-4H3/b6-5+/t7-,8-/m1/s1. The van der Waals surface area contributed by atoms with E-state index in [0.717, 1.165) is 0 Å². The molecule has 80 valence electrons. The fourth-order valence-corrected chi connectivity index (χ4v) is 1.40. The van der Waals surface area contributed by atoms with Crippen LogP contribution in [0.25, 0.3) is 0 Å². The van der Waals surface area contributed by atoms with Crippen molar-refractivity contribution in [3.63, 3.8) is 0 Å². The van der Waals surface area contributed by atoms with E-state index in [9.17, 15) is 4.79 Å². The fourth-order valence-electron chi connectivity index (χ4n) is 1.40. The van der Waals surface area contributed by atoms with E-state index in [4.69, 9.17) is 9.47 Å². The molecule has 4 nitrogen and oxygen atoms in total. The molecule has 1 saturated heterocycles. The van der Waals surface area contributed by atoms with E-state index < -0.39 is 5.79 Å². The first-order valence-electron chi connectivity index (χ1n) is 4.56. The second-order valence-corrected chi connectivity index (χ2v) is 3.69. The minimum Gasteiger partial charge on any atom is -0.466 e. The van der Waals surface area contributed by atoms with Crippen molar-refractivity contribution in [3.8, 4) is 0 Å². The van der Waals surface area contributed by atoms with E-state index in [1.807, 2.05) is 20.8 Å². The fraction of sp³-hybridized carbons (Fsp3) is 0.700. The molecule has 0 aromatic carbocycles. The lowest BCUT2D eigenvalue weighted by molar-refractivity contribution is -0.141. The maximum Gasteiger partial charge on any atom is 0.330 e. The Morgan fingerprint density at radius 1 is 1.43 bits per heavy atom. The maximum atomic E-state index is 10.8. The molecule has 2 atom stereocenters. The van der Waals surface area contributed by atoms with E-state index in [1.54, 1.807) is 6.08 Å². The van der Waals surface area contributed by atoms with Gasteiger partial charge in [-0.15, -0.1) is 0 Å².